The van der Waals surface area contributed by atoms with E-state index in [-0.39, 0.29) is 18.8 Å². The van der Waals surface area contributed by atoms with Crippen LogP contribution in [0.4, 0.5) is 9.18 Å². The molecule has 0 bridgehead atoms. The van der Waals surface area contributed by atoms with E-state index in [1.807, 2.05) is 27.0 Å². The second kappa shape index (κ2) is 9.34. The maximum Gasteiger partial charge on any atom is 0.407 e. The Hall–Kier alpha value is -2.64. The Bertz CT molecular complexity index is 796. The minimum absolute atomic E-state index is 0.0517. The molecule has 2 rings (SSSR count). The van der Waals surface area contributed by atoms with Crippen LogP contribution in [0.25, 0.3) is 5.78 Å². The van der Waals surface area contributed by atoms with Crippen LogP contribution in [-0.2, 0) is 11.2 Å². The summed E-state index contributed by atoms with van der Waals surface area (Å²) in [6.07, 6.45) is 8.04. The summed E-state index contributed by atoms with van der Waals surface area (Å²) in [7, 11) is 0. The Morgan fingerprint density at radius 1 is 1.33 bits per heavy atom. The number of aryl methyl sites for hydroxylation is 1. The van der Waals surface area contributed by atoms with E-state index in [4.69, 9.17) is 9.47 Å². The number of carbonyl (C=O) groups excluding carboxylic acids is 1. The highest BCUT2D eigenvalue weighted by Gasteiger charge is 2.15. The van der Waals surface area contributed by atoms with Crippen molar-refractivity contribution in [3.05, 3.63) is 36.2 Å². The summed E-state index contributed by atoms with van der Waals surface area (Å²) >= 11 is 0. The molecule has 0 atom stereocenters. The van der Waals surface area contributed by atoms with E-state index in [0.717, 1.165) is 25.0 Å². The number of hydrogen-bond donors (Lipinski definition) is 1. The molecular weight excluding hydrogens is 351 g/mol. The molecule has 2 heterocycles. The lowest BCUT2D eigenvalue weighted by atomic mass is 10.1. The molecule has 27 heavy (non-hydrogen) atoms. The number of imidazole rings is 1. The summed E-state index contributed by atoms with van der Waals surface area (Å²) in [6, 6.07) is 0. The first kappa shape index (κ1) is 20.7. The van der Waals surface area contributed by atoms with Crippen molar-refractivity contribution in [2.45, 2.75) is 52.5 Å². The number of carbonyl (C=O) groups is 1. The molecule has 1 amide bonds. The van der Waals surface area contributed by atoms with Gasteiger partial charge < -0.3 is 14.8 Å². The van der Waals surface area contributed by atoms with Crippen LogP contribution < -0.4 is 10.1 Å². The number of rotatable bonds is 8. The normalized spacial score (nSPS) is 12.3. The predicted octanol–water partition coefficient (Wildman–Crippen LogP) is 3.83. The lowest BCUT2D eigenvalue weighted by Crippen LogP contribution is -2.41. The third kappa shape index (κ3) is 6.88. The van der Waals surface area contributed by atoms with Gasteiger partial charge in [-0.3, -0.25) is 4.40 Å². The number of fused-ring (bicyclic) bond motifs is 1. The molecule has 0 saturated heterocycles. The number of unbranched alkanes of at least 4 members (excludes halogenated alkanes) is 1. The van der Waals surface area contributed by atoms with Crippen LogP contribution in [0.5, 0.6) is 5.75 Å². The molecule has 0 aliphatic rings. The maximum absolute atomic E-state index is 13.0. The summed E-state index contributed by atoms with van der Waals surface area (Å²) < 4.78 is 25.4. The van der Waals surface area contributed by atoms with Crippen molar-refractivity contribution in [1.29, 1.82) is 0 Å². The van der Waals surface area contributed by atoms with Crippen LogP contribution in [0.1, 0.15) is 46.2 Å². The fourth-order valence-corrected chi connectivity index (χ4v) is 2.25. The van der Waals surface area contributed by atoms with Crippen molar-refractivity contribution in [3.63, 3.8) is 0 Å². The molecule has 2 aromatic rings. The zero-order valence-corrected chi connectivity index (χ0v) is 16.3. The summed E-state index contributed by atoms with van der Waals surface area (Å²) in [5.74, 6) is 1.07. The van der Waals surface area contributed by atoms with Gasteiger partial charge in [0.2, 0.25) is 5.78 Å². The number of ether oxygens (including phenoxy) is 2. The molecule has 1 N–H and O–H groups in total. The van der Waals surface area contributed by atoms with E-state index >= 15 is 0 Å². The number of aromatic nitrogens is 3. The smallest absolute Gasteiger partial charge is 0.407 e. The average molecular weight is 378 g/mol. The highest BCUT2D eigenvalue weighted by atomic mass is 19.1. The average Bonchev–Trinajstić information content (AvgIpc) is 3.00. The van der Waals surface area contributed by atoms with Crippen LogP contribution in [0.15, 0.2) is 30.5 Å². The van der Waals surface area contributed by atoms with E-state index < -0.39 is 11.6 Å². The molecule has 0 unspecified atom stereocenters. The van der Waals surface area contributed by atoms with Gasteiger partial charge in [0.1, 0.15) is 13.2 Å². The third-order valence-electron chi connectivity index (χ3n) is 3.57. The highest BCUT2D eigenvalue weighted by Crippen LogP contribution is 2.14. The molecule has 0 aromatic carbocycles. The number of nitrogens with zero attached hydrogens (tertiary/aromatic N) is 3. The minimum atomic E-state index is -0.608. The Kier molecular flexibility index (Phi) is 7.15. The van der Waals surface area contributed by atoms with Gasteiger partial charge in [-0.2, -0.15) is 0 Å². The number of halogens is 1. The second-order valence-electron chi connectivity index (χ2n) is 7.34. The van der Waals surface area contributed by atoms with Crippen molar-refractivity contribution in [2.24, 2.45) is 0 Å². The summed E-state index contributed by atoms with van der Waals surface area (Å²) in [5.41, 5.74) is 0.757. The van der Waals surface area contributed by atoms with Crippen LogP contribution >= 0.6 is 0 Å². The zero-order valence-electron chi connectivity index (χ0n) is 16.3. The van der Waals surface area contributed by atoms with Gasteiger partial charge in [0.25, 0.3) is 0 Å². The standard InChI is InChI=1S/C19H27FN4O3/c1-5-6-7-15-10-24-11-16(9-21-17(24)22-15)26-12-14(8-20)13-27-18(25)23-19(2,3)4/h8-11H,5-7,12-13H2,1-4H3,(H,23,25)/b14-8+. The molecule has 8 heteroatoms. The van der Waals surface area contributed by atoms with E-state index in [0.29, 0.717) is 17.9 Å². The highest BCUT2D eigenvalue weighted by molar-refractivity contribution is 5.68. The van der Waals surface area contributed by atoms with E-state index in [9.17, 15) is 9.18 Å². The van der Waals surface area contributed by atoms with Gasteiger partial charge in [0.05, 0.1) is 24.4 Å². The van der Waals surface area contributed by atoms with Crippen molar-refractivity contribution in [1.82, 2.24) is 19.7 Å². The monoisotopic (exact) mass is 378 g/mol. The van der Waals surface area contributed by atoms with E-state index in [1.165, 1.54) is 6.20 Å². The Balaban J connectivity index is 1.89. The van der Waals surface area contributed by atoms with E-state index in [1.54, 1.807) is 10.6 Å². The Labute approximate surface area is 158 Å². The van der Waals surface area contributed by atoms with Crippen molar-refractivity contribution in [2.75, 3.05) is 13.2 Å². The minimum Gasteiger partial charge on any atom is -0.486 e. The predicted molar refractivity (Wildman–Crippen MR) is 101 cm³/mol. The summed E-state index contributed by atoms with van der Waals surface area (Å²) in [5, 5.41) is 2.64. The molecule has 0 aliphatic heterocycles. The first-order valence-electron chi connectivity index (χ1n) is 9.00. The van der Waals surface area contributed by atoms with Gasteiger partial charge in [-0.25, -0.2) is 19.2 Å². The van der Waals surface area contributed by atoms with Crippen LogP contribution in [0.3, 0.4) is 0 Å². The fourth-order valence-electron chi connectivity index (χ4n) is 2.25. The van der Waals surface area contributed by atoms with Gasteiger partial charge in [0, 0.05) is 17.3 Å². The van der Waals surface area contributed by atoms with Crippen molar-refractivity contribution in [3.8, 4) is 5.75 Å². The van der Waals surface area contributed by atoms with E-state index in [2.05, 4.69) is 22.2 Å². The summed E-state index contributed by atoms with van der Waals surface area (Å²) in [6.45, 7) is 7.37. The van der Waals surface area contributed by atoms with Crippen LogP contribution in [0, 0.1) is 0 Å². The van der Waals surface area contributed by atoms with Crippen LogP contribution in [-0.4, -0.2) is 39.2 Å². The van der Waals surface area contributed by atoms with Gasteiger partial charge in [0.15, 0.2) is 5.75 Å². The molecule has 2 aromatic heterocycles. The molecule has 0 saturated carbocycles. The Morgan fingerprint density at radius 3 is 2.78 bits per heavy atom. The SMILES string of the molecule is CCCCc1cn2cc(OC/C(=C\F)COC(=O)NC(C)(C)C)cnc2n1. The number of hydrogen-bond acceptors (Lipinski definition) is 5. The van der Waals surface area contributed by atoms with Gasteiger partial charge >= 0.3 is 6.09 Å². The second-order valence-corrected chi connectivity index (χ2v) is 7.34. The molecule has 0 radical (unpaired) electrons. The maximum atomic E-state index is 13.0. The largest absolute Gasteiger partial charge is 0.486 e. The topological polar surface area (TPSA) is 77.8 Å². The molecular formula is C19H27FN4O3. The zero-order chi connectivity index (χ0) is 19.9. The summed E-state index contributed by atoms with van der Waals surface area (Å²) in [4.78, 5) is 20.3. The third-order valence-corrected chi connectivity index (χ3v) is 3.57. The first-order valence-corrected chi connectivity index (χ1v) is 9.00. The van der Waals surface area contributed by atoms with Gasteiger partial charge in [-0.05, 0) is 33.6 Å². The lowest BCUT2D eigenvalue weighted by Gasteiger charge is -2.20. The van der Waals surface area contributed by atoms with Gasteiger partial charge in [-0.1, -0.05) is 13.3 Å². The molecule has 148 valence electrons. The Morgan fingerprint density at radius 2 is 2.11 bits per heavy atom. The number of nitrogens with one attached hydrogen (secondary N) is 1. The number of alkyl carbamates (subject to hydrolysis) is 1. The first-order chi connectivity index (χ1) is 12.8. The van der Waals surface area contributed by atoms with Crippen molar-refractivity contribution >= 4 is 11.9 Å². The van der Waals surface area contributed by atoms with Gasteiger partial charge in [-0.15, -0.1) is 0 Å². The van der Waals surface area contributed by atoms with Crippen molar-refractivity contribution < 1.29 is 18.7 Å². The number of amides is 1. The van der Waals surface area contributed by atoms with Crippen LogP contribution in [0.2, 0.25) is 0 Å². The lowest BCUT2D eigenvalue weighted by molar-refractivity contribution is 0.143. The molecule has 0 fully saturated rings. The quantitative estimate of drug-likeness (QED) is 0.755. The fraction of sp³-hybridized carbons (Fsp3) is 0.526. The molecule has 0 spiro atoms. The molecule has 7 nitrogen and oxygen atoms in total. The molecule has 0 aliphatic carbocycles.